The number of rotatable bonds is 3. The van der Waals surface area contributed by atoms with Gasteiger partial charge >= 0.3 is 0 Å². The molecule has 2 N–H and O–H groups in total. The molecule has 2 rings (SSSR count). The van der Waals surface area contributed by atoms with E-state index >= 15 is 0 Å². The Morgan fingerprint density at radius 2 is 2.44 bits per heavy atom. The molecule has 0 aliphatic rings. The highest BCUT2D eigenvalue weighted by atomic mass is 32.1. The quantitative estimate of drug-likeness (QED) is 0.851. The number of hydrogen-bond donors (Lipinski definition) is 2. The predicted molar refractivity (Wildman–Crippen MR) is 61.3 cm³/mol. The monoisotopic (exact) mass is 236 g/mol. The molecular weight excluding hydrogens is 224 g/mol. The summed E-state index contributed by atoms with van der Waals surface area (Å²) in [4.78, 5) is 16.0. The molecule has 2 aromatic heterocycles. The first-order valence-corrected chi connectivity index (χ1v) is 5.76. The molecule has 0 aliphatic carbocycles. The standard InChI is InChI=1S/C10H12N4OS/c1-6-8(5-12-14-6)9(15)13-7(2)10-11-3-4-16-10/h3-5,7H,1-2H3,(H,12,14)(H,13,15). The molecule has 6 heteroatoms. The largest absolute Gasteiger partial charge is 0.343 e. The second kappa shape index (κ2) is 4.44. The molecule has 16 heavy (non-hydrogen) atoms. The van der Waals surface area contributed by atoms with Crippen LogP contribution in [0.1, 0.15) is 34.0 Å². The Bertz CT molecular complexity index is 477. The van der Waals surface area contributed by atoms with Gasteiger partial charge in [0.2, 0.25) is 0 Å². The van der Waals surface area contributed by atoms with Gasteiger partial charge in [0.05, 0.1) is 17.8 Å². The van der Waals surface area contributed by atoms with Crippen LogP contribution in [0.15, 0.2) is 17.8 Å². The lowest BCUT2D eigenvalue weighted by Crippen LogP contribution is -2.26. The molecule has 2 aromatic rings. The molecule has 2 heterocycles. The number of aromatic amines is 1. The van der Waals surface area contributed by atoms with Crippen molar-refractivity contribution in [3.05, 3.63) is 34.0 Å². The van der Waals surface area contributed by atoms with Crippen LogP contribution in [-0.4, -0.2) is 21.1 Å². The summed E-state index contributed by atoms with van der Waals surface area (Å²) < 4.78 is 0. The van der Waals surface area contributed by atoms with Crippen molar-refractivity contribution < 1.29 is 4.79 Å². The van der Waals surface area contributed by atoms with Gasteiger partial charge in [-0.3, -0.25) is 9.89 Å². The van der Waals surface area contributed by atoms with Crippen LogP contribution in [0, 0.1) is 6.92 Å². The molecule has 0 aliphatic heterocycles. The number of hydrogen-bond acceptors (Lipinski definition) is 4. The van der Waals surface area contributed by atoms with Crippen molar-refractivity contribution in [2.45, 2.75) is 19.9 Å². The first-order chi connectivity index (χ1) is 7.68. The van der Waals surface area contributed by atoms with Crippen LogP contribution in [0.5, 0.6) is 0 Å². The number of carbonyl (C=O) groups is 1. The molecule has 0 fully saturated rings. The van der Waals surface area contributed by atoms with Gasteiger partial charge in [-0.05, 0) is 13.8 Å². The van der Waals surface area contributed by atoms with E-state index in [1.165, 1.54) is 17.5 Å². The number of thiazole rings is 1. The van der Waals surface area contributed by atoms with E-state index in [0.717, 1.165) is 10.7 Å². The summed E-state index contributed by atoms with van der Waals surface area (Å²) in [5.41, 5.74) is 1.34. The Hall–Kier alpha value is -1.69. The first-order valence-electron chi connectivity index (χ1n) is 4.88. The molecule has 0 bridgehead atoms. The zero-order chi connectivity index (χ0) is 11.5. The Kier molecular flexibility index (Phi) is 3.00. The van der Waals surface area contributed by atoms with E-state index in [9.17, 15) is 4.79 Å². The van der Waals surface area contributed by atoms with Crippen molar-refractivity contribution >= 4 is 17.2 Å². The van der Waals surface area contributed by atoms with E-state index in [1.54, 1.807) is 6.20 Å². The summed E-state index contributed by atoms with van der Waals surface area (Å²) in [6.07, 6.45) is 3.25. The van der Waals surface area contributed by atoms with E-state index in [4.69, 9.17) is 0 Å². The molecule has 1 atom stereocenters. The van der Waals surface area contributed by atoms with Crippen LogP contribution in [0.3, 0.4) is 0 Å². The molecule has 1 amide bonds. The minimum Gasteiger partial charge on any atom is -0.343 e. The molecule has 0 spiro atoms. The van der Waals surface area contributed by atoms with Crippen molar-refractivity contribution in [3.8, 4) is 0 Å². The Morgan fingerprint density at radius 3 is 3.00 bits per heavy atom. The van der Waals surface area contributed by atoms with E-state index < -0.39 is 0 Å². The second-order valence-electron chi connectivity index (χ2n) is 3.47. The normalized spacial score (nSPS) is 12.4. The van der Waals surface area contributed by atoms with E-state index in [-0.39, 0.29) is 11.9 Å². The fourth-order valence-corrected chi connectivity index (χ4v) is 2.01. The van der Waals surface area contributed by atoms with Gasteiger partial charge in [-0.2, -0.15) is 5.10 Å². The Morgan fingerprint density at radius 1 is 1.62 bits per heavy atom. The maximum atomic E-state index is 11.8. The first kappa shape index (κ1) is 10.8. The molecular formula is C10H12N4OS. The van der Waals surface area contributed by atoms with Crippen molar-refractivity contribution in [1.82, 2.24) is 20.5 Å². The zero-order valence-corrected chi connectivity index (χ0v) is 9.84. The van der Waals surface area contributed by atoms with Crippen LogP contribution >= 0.6 is 11.3 Å². The number of amides is 1. The Labute approximate surface area is 96.9 Å². The van der Waals surface area contributed by atoms with Crippen LogP contribution in [0.4, 0.5) is 0 Å². The smallest absolute Gasteiger partial charge is 0.255 e. The second-order valence-corrected chi connectivity index (χ2v) is 4.40. The summed E-state index contributed by atoms with van der Waals surface area (Å²) in [5, 5.41) is 12.2. The van der Waals surface area contributed by atoms with Gasteiger partial charge in [-0.15, -0.1) is 11.3 Å². The number of nitrogens with one attached hydrogen (secondary N) is 2. The molecule has 0 aromatic carbocycles. The number of aromatic nitrogens is 3. The number of H-pyrrole nitrogens is 1. The summed E-state index contributed by atoms with van der Waals surface area (Å²) in [5.74, 6) is -0.131. The molecule has 84 valence electrons. The van der Waals surface area contributed by atoms with Gasteiger partial charge in [0.15, 0.2) is 0 Å². The maximum absolute atomic E-state index is 11.8. The van der Waals surface area contributed by atoms with Crippen LogP contribution in [0.25, 0.3) is 0 Å². The molecule has 0 radical (unpaired) electrons. The molecule has 0 saturated heterocycles. The summed E-state index contributed by atoms with van der Waals surface area (Å²) >= 11 is 1.53. The van der Waals surface area contributed by atoms with Crippen molar-refractivity contribution in [3.63, 3.8) is 0 Å². The summed E-state index contributed by atoms with van der Waals surface area (Å²) in [6.45, 7) is 3.72. The predicted octanol–water partition coefficient (Wildman–Crippen LogP) is 1.67. The maximum Gasteiger partial charge on any atom is 0.255 e. The van der Waals surface area contributed by atoms with Crippen molar-refractivity contribution in [2.75, 3.05) is 0 Å². The lowest BCUT2D eigenvalue weighted by atomic mass is 10.2. The highest BCUT2D eigenvalue weighted by Gasteiger charge is 2.15. The third kappa shape index (κ3) is 2.11. The van der Waals surface area contributed by atoms with Gasteiger partial charge in [0.1, 0.15) is 5.01 Å². The number of nitrogens with zero attached hydrogens (tertiary/aromatic N) is 2. The topological polar surface area (TPSA) is 70.7 Å². The van der Waals surface area contributed by atoms with Crippen molar-refractivity contribution in [2.24, 2.45) is 0 Å². The van der Waals surface area contributed by atoms with E-state index in [2.05, 4.69) is 20.5 Å². The van der Waals surface area contributed by atoms with Crippen LogP contribution < -0.4 is 5.32 Å². The highest BCUT2D eigenvalue weighted by molar-refractivity contribution is 7.09. The third-order valence-corrected chi connectivity index (χ3v) is 3.20. The fourth-order valence-electron chi connectivity index (χ4n) is 1.36. The molecule has 1 unspecified atom stereocenters. The minimum atomic E-state index is -0.131. The van der Waals surface area contributed by atoms with Gasteiger partial charge in [0.25, 0.3) is 5.91 Å². The highest BCUT2D eigenvalue weighted by Crippen LogP contribution is 2.15. The summed E-state index contributed by atoms with van der Waals surface area (Å²) in [6, 6.07) is -0.0817. The molecule has 0 saturated carbocycles. The van der Waals surface area contributed by atoms with Crippen LogP contribution in [-0.2, 0) is 0 Å². The zero-order valence-electron chi connectivity index (χ0n) is 9.02. The third-order valence-electron chi connectivity index (χ3n) is 2.24. The lowest BCUT2D eigenvalue weighted by molar-refractivity contribution is 0.0939. The fraction of sp³-hybridized carbons (Fsp3) is 0.300. The number of carbonyl (C=O) groups excluding carboxylic acids is 1. The van der Waals surface area contributed by atoms with Gasteiger partial charge in [-0.1, -0.05) is 0 Å². The lowest BCUT2D eigenvalue weighted by Gasteiger charge is -2.10. The Balaban J connectivity index is 2.06. The van der Waals surface area contributed by atoms with Crippen molar-refractivity contribution in [1.29, 1.82) is 0 Å². The van der Waals surface area contributed by atoms with Gasteiger partial charge in [0, 0.05) is 17.3 Å². The van der Waals surface area contributed by atoms with E-state index in [0.29, 0.717) is 5.56 Å². The van der Waals surface area contributed by atoms with Crippen LogP contribution in [0.2, 0.25) is 0 Å². The average molecular weight is 236 g/mol. The van der Waals surface area contributed by atoms with Gasteiger partial charge < -0.3 is 5.32 Å². The number of aryl methyl sites for hydroxylation is 1. The minimum absolute atomic E-state index is 0.0817. The van der Waals surface area contributed by atoms with E-state index in [1.807, 2.05) is 19.2 Å². The SMILES string of the molecule is Cc1[nH]ncc1C(=O)NC(C)c1nccs1. The average Bonchev–Trinajstić information content (AvgIpc) is 2.86. The summed E-state index contributed by atoms with van der Waals surface area (Å²) in [7, 11) is 0. The van der Waals surface area contributed by atoms with Gasteiger partial charge in [-0.25, -0.2) is 4.98 Å². The molecule has 5 nitrogen and oxygen atoms in total.